The Bertz CT molecular complexity index is 312. The van der Waals surface area contributed by atoms with E-state index >= 15 is 0 Å². The molecule has 3 nitrogen and oxygen atoms in total. The van der Waals surface area contributed by atoms with Crippen LogP contribution < -0.4 is 10.2 Å². The molecule has 2 aliphatic rings. The first-order valence-corrected chi connectivity index (χ1v) is 6.69. The molecular formula is C11H17N3S. The van der Waals surface area contributed by atoms with Gasteiger partial charge in [0.2, 0.25) is 0 Å². The Kier molecular flexibility index (Phi) is 2.63. The van der Waals surface area contributed by atoms with Gasteiger partial charge in [0.05, 0.1) is 0 Å². The molecule has 2 unspecified atom stereocenters. The maximum Gasteiger partial charge on any atom is 0.185 e. The van der Waals surface area contributed by atoms with Gasteiger partial charge in [-0.3, -0.25) is 0 Å². The second kappa shape index (κ2) is 4.10. The van der Waals surface area contributed by atoms with Crippen LogP contribution in [0.5, 0.6) is 0 Å². The van der Waals surface area contributed by atoms with E-state index in [1.54, 1.807) is 11.3 Å². The van der Waals surface area contributed by atoms with Crippen LogP contribution in [-0.2, 0) is 0 Å². The van der Waals surface area contributed by atoms with Crippen molar-refractivity contribution < 1.29 is 0 Å². The van der Waals surface area contributed by atoms with Crippen molar-refractivity contribution in [2.75, 3.05) is 24.5 Å². The topological polar surface area (TPSA) is 28.2 Å². The number of rotatable bonds is 1. The molecule has 2 atom stereocenters. The maximum absolute atomic E-state index is 4.40. The lowest BCUT2D eigenvalue weighted by atomic mass is 9.86. The van der Waals surface area contributed by atoms with Gasteiger partial charge in [0.25, 0.3) is 0 Å². The van der Waals surface area contributed by atoms with E-state index in [0.29, 0.717) is 0 Å². The highest BCUT2D eigenvalue weighted by atomic mass is 32.1. The minimum absolute atomic E-state index is 0.773. The standard InChI is InChI=1S/C11H17N3S/c1-2-9-8-14(11-13-5-7-15-11)6-3-10(9)12-4-1/h5,7,9-10,12H,1-4,6,8H2. The lowest BCUT2D eigenvalue weighted by Gasteiger charge is -2.41. The molecule has 0 spiro atoms. The smallest absolute Gasteiger partial charge is 0.185 e. The van der Waals surface area contributed by atoms with E-state index < -0.39 is 0 Å². The third kappa shape index (κ3) is 1.88. The second-order valence-corrected chi connectivity index (χ2v) is 5.39. The lowest BCUT2D eigenvalue weighted by Crippen LogP contribution is -2.52. The van der Waals surface area contributed by atoms with Gasteiger partial charge in [-0.15, -0.1) is 11.3 Å². The molecule has 0 aromatic carbocycles. The highest BCUT2D eigenvalue weighted by molar-refractivity contribution is 7.13. The maximum atomic E-state index is 4.40. The Morgan fingerprint density at radius 2 is 2.47 bits per heavy atom. The Balaban J connectivity index is 1.70. The monoisotopic (exact) mass is 223 g/mol. The van der Waals surface area contributed by atoms with Crippen molar-refractivity contribution in [3.8, 4) is 0 Å². The van der Waals surface area contributed by atoms with Crippen LogP contribution in [0.3, 0.4) is 0 Å². The molecule has 0 amide bonds. The van der Waals surface area contributed by atoms with Gasteiger partial charge in [0.1, 0.15) is 0 Å². The van der Waals surface area contributed by atoms with Crippen LogP contribution in [0.4, 0.5) is 5.13 Å². The summed E-state index contributed by atoms with van der Waals surface area (Å²) < 4.78 is 0. The molecule has 1 aromatic rings. The van der Waals surface area contributed by atoms with E-state index in [1.807, 2.05) is 6.20 Å². The zero-order valence-electron chi connectivity index (χ0n) is 8.85. The largest absolute Gasteiger partial charge is 0.348 e. The molecule has 0 saturated carbocycles. The number of fused-ring (bicyclic) bond motifs is 1. The number of hydrogen-bond donors (Lipinski definition) is 1. The van der Waals surface area contributed by atoms with E-state index in [9.17, 15) is 0 Å². The molecule has 2 saturated heterocycles. The highest BCUT2D eigenvalue weighted by Crippen LogP contribution is 2.29. The molecule has 1 aromatic heterocycles. The van der Waals surface area contributed by atoms with Crippen molar-refractivity contribution in [3.63, 3.8) is 0 Å². The van der Waals surface area contributed by atoms with Gasteiger partial charge in [0.15, 0.2) is 5.13 Å². The van der Waals surface area contributed by atoms with Crippen molar-refractivity contribution in [1.29, 1.82) is 0 Å². The molecule has 0 bridgehead atoms. The van der Waals surface area contributed by atoms with Crippen LogP contribution in [-0.4, -0.2) is 30.7 Å². The zero-order chi connectivity index (χ0) is 10.1. The Morgan fingerprint density at radius 3 is 3.33 bits per heavy atom. The number of hydrogen-bond acceptors (Lipinski definition) is 4. The van der Waals surface area contributed by atoms with Gasteiger partial charge in [-0.2, -0.15) is 0 Å². The van der Waals surface area contributed by atoms with Crippen molar-refractivity contribution >= 4 is 16.5 Å². The summed E-state index contributed by atoms with van der Waals surface area (Å²) >= 11 is 1.76. The molecule has 2 aliphatic heterocycles. The van der Waals surface area contributed by atoms with Crippen LogP contribution in [0.25, 0.3) is 0 Å². The van der Waals surface area contributed by atoms with E-state index in [0.717, 1.165) is 12.0 Å². The lowest BCUT2D eigenvalue weighted by molar-refractivity contribution is 0.244. The summed E-state index contributed by atoms with van der Waals surface area (Å²) in [6.45, 7) is 3.59. The SMILES string of the molecule is c1csc(N2CCC3NCCCC3C2)n1. The van der Waals surface area contributed by atoms with Gasteiger partial charge >= 0.3 is 0 Å². The van der Waals surface area contributed by atoms with E-state index in [4.69, 9.17) is 0 Å². The summed E-state index contributed by atoms with van der Waals surface area (Å²) in [5.41, 5.74) is 0. The Labute approximate surface area is 94.5 Å². The Morgan fingerprint density at radius 1 is 1.47 bits per heavy atom. The molecule has 3 heterocycles. The number of thiazole rings is 1. The van der Waals surface area contributed by atoms with Gasteiger partial charge in [-0.1, -0.05) is 0 Å². The number of nitrogens with one attached hydrogen (secondary N) is 1. The number of aromatic nitrogens is 1. The van der Waals surface area contributed by atoms with Gasteiger partial charge in [-0.25, -0.2) is 4.98 Å². The molecule has 0 aliphatic carbocycles. The molecule has 82 valence electrons. The first kappa shape index (κ1) is 9.60. The minimum Gasteiger partial charge on any atom is -0.348 e. The molecule has 2 fully saturated rings. The van der Waals surface area contributed by atoms with Crippen molar-refractivity contribution in [2.45, 2.75) is 25.3 Å². The summed E-state index contributed by atoms with van der Waals surface area (Å²) in [6, 6.07) is 0.773. The van der Waals surface area contributed by atoms with Crippen LogP contribution in [0.1, 0.15) is 19.3 Å². The summed E-state index contributed by atoms with van der Waals surface area (Å²) in [6.07, 6.45) is 5.92. The summed E-state index contributed by atoms with van der Waals surface area (Å²) in [5.74, 6) is 0.844. The Hall–Kier alpha value is -0.610. The van der Waals surface area contributed by atoms with Crippen LogP contribution in [0, 0.1) is 5.92 Å². The van der Waals surface area contributed by atoms with Gasteiger partial charge in [0, 0.05) is 30.7 Å². The molecule has 4 heteroatoms. The fourth-order valence-electron chi connectivity index (χ4n) is 2.79. The average molecular weight is 223 g/mol. The summed E-state index contributed by atoms with van der Waals surface area (Å²) in [7, 11) is 0. The van der Waals surface area contributed by atoms with E-state index in [1.165, 1.54) is 44.0 Å². The third-order valence-corrected chi connectivity index (χ3v) is 4.41. The number of anilines is 1. The van der Waals surface area contributed by atoms with Crippen molar-refractivity contribution in [2.24, 2.45) is 5.92 Å². The first-order valence-electron chi connectivity index (χ1n) is 5.81. The predicted molar refractivity (Wildman–Crippen MR) is 63.5 cm³/mol. The normalized spacial score (nSPS) is 31.3. The molecule has 3 rings (SSSR count). The predicted octanol–water partition coefficient (Wildman–Crippen LogP) is 1.72. The average Bonchev–Trinajstić information content (AvgIpc) is 2.82. The fraction of sp³-hybridized carbons (Fsp3) is 0.727. The van der Waals surface area contributed by atoms with Crippen LogP contribution in [0.2, 0.25) is 0 Å². The fourth-order valence-corrected chi connectivity index (χ4v) is 3.47. The quantitative estimate of drug-likeness (QED) is 0.786. The molecular weight excluding hydrogens is 206 g/mol. The van der Waals surface area contributed by atoms with Gasteiger partial charge in [-0.05, 0) is 31.7 Å². The number of piperidine rings is 2. The van der Waals surface area contributed by atoms with Crippen LogP contribution in [0.15, 0.2) is 11.6 Å². The first-order chi connectivity index (χ1) is 7.43. The number of nitrogens with zero attached hydrogens (tertiary/aromatic N) is 2. The second-order valence-electron chi connectivity index (χ2n) is 4.51. The minimum atomic E-state index is 0.773. The van der Waals surface area contributed by atoms with Crippen molar-refractivity contribution in [3.05, 3.63) is 11.6 Å². The molecule has 15 heavy (non-hydrogen) atoms. The van der Waals surface area contributed by atoms with E-state index in [-0.39, 0.29) is 0 Å². The van der Waals surface area contributed by atoms with E-state index in [2.05, 4.69) is 20.6 Å². The molecule has 1 N–H and O–H groups in total. The third-order valence-electron chi connectivity index (χ3n) is 3.58. The zero-order valence-corrected chi connectivity index (χ0v) is 9.67. The van der Waals surface area contributed by atoms with Crippen LogP contribution >= 0.6 is 11.3 Å². The van der Waals surface area contributed by atoms with Crippen molar-refractivity contribution in [1.82, 2.24) is 10.3 Å². The molecule has 0 radical (unpaired) electrons. The van der Waals surface area contributed by atoms with Gasteiger partial charge < -0.3 is 10.2 Å². The summed E-state index contributed by atoms with van der Waals surface area (Å²) in [5, 5.41) is 6.92. The highest BCUT2D eigenvalue weighted by Gasteiger charge is 2.31. The summed E-state index contributed by atoms with van der Waals surface area (Å²) in [4.78, 5) is 6.86.